The second kappa shape index (κ2) is 8.87. The number of nitrogens with zero attached hydrogens (tertiary/aromatic N) is 3. The van der Waals surface area contributed by atoms with E-state index in [0.29, 0.717) is 43.7 Å². The molecule has 1 saturated carbocycles. The summed E-state index contributed by atoms with van der Waals surface area (Å²) in [4.78, 5) is 21.5. The Morgan fingerprint density at radius 3 is 2.58 bits per heavy atom. The fourth-order valence-electron chi connectivity index (χ4n) is 4.89. The van der Waals surface area contributed by atoms with E-state index in [0.717, 1.165) is 17.8 Å². The molecule has 1 aromatic heterocycles. The number of rotatable bonds is 7. The first-order valence-corrected chi connectivity index (χ1v) is 11.6. The molecule has 1 saturated heterocycles. The molecule has 2 aliphatic heterocycles. The van der Waals surface area contributed by atoms with Gasteiger partial charge in [0.1, 0.15) is 5.82 Å². The van der Waals surface area contributed by atoms with E-state index in [-0.39, 0.29) is 5.78 Å². The number of hydrogen-bond donors (Lipinski definition) is 1. The number of pyridine rings is 1. The van der Waals surface area contributed by atoms with Crippen LogP contribution in [0.25, 0.3) is 0 Å². The number of benzene rings is 1. The second-order valence-electron chi connectivity index (χ2n) is 9.33. The van der Waals surface area contributed by atoms with Crippen molar-refractivity contribution in [2.45, 2.75) is 51.6 Å². The maximum atomic E-state index is 12.5. The molecule has 3 aliphatic rings. The van der Waals surface area contributed by atoms with E-state index >= 15 is 0 Å². The van der Waals surface area contributed by atoms with Crippen LogP contribution in [0.4, 0.5) is 11.5 Å². The van der Waals surface area contributed by atoms with Gasteiger partial charge in [0, 0.05) is 31.1 Å². The van der Waals surface area contributed by atoms with Gasteiger partial charge < -0.3 is 15.4 Å². The van der Waals surface area contributed by atoms with Crippen LogP contribution in [0.1, 0.15) is 48.8 Å². The molecule has 6 nitrogen and oxygen atoms in total. The van der Waals surface area contributed by atoms with Crippen molar-refractivity contribution in [1.29, 1.82) is 0 Å². The van der Waals surface area contributed by atoms with Crippen LogP contribution in [0.3, 0.4) is 0 Å². The van der Waals surface area contributed by atoms with E-state index in [1.165, 1.54) is 56.3 Å². The number of fused-ring (bicyclic) bond motifs is 1. The maximum Gasteiger partial charge on any atom is 0.217 e. The van der Waals surface area contributed by atoms with Gasteiger partial charge in [0.15, 0.2) is 5.78 Å². The minimum Gasteiger partial charge on any atom is -0.477 e. The summed E-state index contributed by atoms with van der Waals surface area (Å²) in [5, 5.41) is 0. The summed E-state index contributed by atoms with van der Waals surface area (Å²) in [6, 6.07) is 10.7. The van der Waals surface area contributed by atoms with Crippen molar-refractivity contribution in [3.05, 3.63) is 47.0 Å². The summed E-state index contributed by atoms with van der Waals surface area (Å²) in [5.74, 6) is 1.81. The van der Waals surface area contributed by atoms with Crippen LogP contribution in [-0.4, -0.2) is 41.9 Å². The van der Waals surface area contributed by atoms with Crippen molar-refractivity contribution in [2.24, 2.45) is 5.92 Å². The number of likely N-dealkylation sites (tertiary alicyclic amines) is 1. The molecule has 1 aliphatic carbocycles. The number of anilines is 2. The van der Waals surface area contributed by atoms with Crippen LogP contribution in [0.15, 0.2) is 30.3 Å². The summed E-state index contributed by atoms with van der Waals surface area (Å²) in [6.07, 6.45) is 6.70. The van der Waals surface area contributed by atoms with Crippen LogP contribution in [0, 0.1) is 5.92 Å². The standard InChI is InChI=1S/C25H32N4O2/c26-25-22-12-21(30)16-29(23(22)13-24(27-25)31-17-18-5-3-6-18)15-20-8-4-7-19(11-20)14-28-9-1-2-10-28/h4,7-8,11,13,18H,1-3,5-6,9-10,12,14-17H2,(H2,26,27). The average Bonchev–Trinajstić information content (AvgIpc) is 3.21. The van der Waals surface area contributed by atoms with Gasteiger partial charge >= 0.3 is 0 Å². The third-order valence-corrected chi connectivity index (χ3v) is 6.85. The second-order valence-corrected chi connectivity index (χ2v) is 9.33. The van der Waals surface area contributed by atoms with Gasteiger partial charge in [-0.1, -0.05) is 30.7 Å². The molecule has 2 aromatic rings. The number of hydrogen-bond acceptors (Lipinski definition) is 6. The quantitative estimate of drug-likeness (QED) is 0.738. The number of ether oxygens (including phenoxy) is 1. The first kappa shape index (κ1) is 20.3. The van der Waals surface area contributed by atoms with E-state index in [4.69, 9.17) is 10.5 Å². The molecule has 2 N–H and O–H groups in total. The summed E-state index contributed by atoms with van der Waals surface area (Å²) in [5.41, 5.74) is 10.6. The zero-order chi connectivity index (χ0) is 21.2. The van der Waals surface area contributed by atoms with E-state index in [2.05, 4.69) is 39.0 Å². The molecule has 0 unspecified atom stereocenters. The summed E-state index contributed by atoms with van der Waals surface area (Å²) >= 11 is 0. The summed E-state index contributed by atoms with van der Waals surface area (Å²) < 4.78 is 5.97. The van der Waals surface area contributed by atoms with Gasteiger partial charge in [-0.05, 0) is 55.8 Å². The number of carbonyl (C=O) groups excluding carboxylic acids is 1. The molecule has 1 aromatic carbocycles. The maximum absolute atomic E-state index is 12.5. The van der Waals surface area contributed by atoms with Crippen molar-refractivity contribution in [3.63, 3.8) is 0 Å². The summed E-state index contributed by atoms with van der Waals surface area (Å²) in [7, 11) is 0. The lowest BCUT2D eigenvalue weighted by Crippen LogP contribution is -2.36. The van der Waals surface area contributed by atoms with Gasteiger partial charge in [-0.25, -0.2) is 0 Å². The predicted octanol–water partition coefficient (Wildman–Crippen LogP) is 3.57. The highest BCUT2D eigenvalue weighted by Crippen LogP contribution is 2.34. The topological polar surface area (TPSA) is 71.7 Å². The third kappa shape index (κ3) is 4.69. The van der Waals surface area contributed by atoms with Gasteiger partial charge in [-0.2, -0.15) is 4.98 Å². The van der Waals surface area contributed by atoms with E-state index in [9.17, 15) is 4.79 Å². The Kier molecular flexibility index (Phi) is 5.81. The van der Waals surface area contributed by atoms with Crippen molar-refractivity contribution in [2.75, 3.05) is 36.9 Å². The molecule has 31 heavy (non-hydrogen) atoms. The Hall–Kier alpha value is -2.60. The number of carbonyl (C=O) groups is 1. The molecule has 164 valence electrons. The van der Waals surface area contributed by atoms with E-state index < -0.39 is 0 Å². The van der Waals surface area contributed by atoms with Crippen LogP contribution in [0.2, 0.25) is 0 Å². The predicted molar refractivity (Wildman–Crippen MR) is 122 cm³/mol. The molecule has 6 heteroatoms. The molecule has 0 spiro atoms. The Morgan fingerprint density at radius 2 is 1.84 bits per heavy atom. The van der Waals surface area contributed by atoms with Gasteiger partial charge in [-0.3, -0.25) is 9.69 Å². The van der Waals surface area contributed by atoms with Gasteiger partial charge in [0.05, 0.1) is 18.8 Å². The van der Waals surface area contributed by atoms with E-state index in [1.807, 2.05) is 6.07 Å². The Bertz CT molecular complexity index is 951. The van der Waals surface area contributed by atoms with Crippen molar-refractivity contribution < 1.29 is 9.53 Å². The molecule has 0 amide bonds. The smallest absolute Gasteiger partial charge is 0.217 e. The highest BCUT2D eigenvalue weighted by molar-refractivity contribution is 5.92. The fraction of sp³-hybridized carbons (Fsp3) is 0.520. The van der Waals surface area contributed by atoms with Gasteiger partial charge in [0.2, 0.25) is 5.88 Å². The summed E-state index contributed by atoms with van der Waals surface area (Å²) in [6.45, 7) is 5.15. The highest BCUT2D eigenvalue weighted by atomic mass is 16.5. The number of aromatic nitrogens is 1. The zero-order valence-corrected chi connectivity index (χ0v) is 18.2. The van der Waals surface area contributed by atoms with Crippen molar-refractivity contribution in [1.82, 2.24) is 9.88 Å². The molecular formula is C25H32N4O2. The SMILES string of the molecule is Nc1nc(OCC2CCC2)cc2c1CC(=O)CN2Cc1cccc(CN2CCCC2)c1. The zero-order valence-electron chi connectivity index (χ0n) is 18.2. The molecule has 3 heterocycles. The van der Waals surface area contributed by atoms with Crippen LogP contribution in [0.5, 0.6) is 5.88 Å². The normalized spacial score (nSPS) is 19.4. The highest BCUT2D eigenvalue weighted by Gasteiger charge is 2.27. The number of nitrogen functional groups attached to an aromatic ring is 1. The Balaban J connectivity index is 1.35. The number of nitrogens with two attached hydrogens (primary N) is 1. The number of ketones is 1. The first-order chi connectivity index (χ1) is 15.1. The van der Waals surface area contributed by atoms with Crippen LogP contribution < -0.4 is 15.4 Å². The fourth-order valence-corrected chi connectivity index (χ4v) is 4.89. The van der Waals surface area contributed by atoms with Gasteiger partial charge in [-0.15, -0.1) is 0 Å². The molecule has 0 radical (unpaired) electrons. The Labute approximate surface area is 184 Å². The van der Waals surface area contributed by atoms with Gasteiger partial charge in [0.25, 0.3) is 0 Å². The van der Waals surface area contributed by atoms with Crippen LogP contribution in [-0.2, 0) is 24.3 Å². The van der Waals surface area contributed by atoms with Crippen molar-refractivity contribution in [3.8, 4) is 5.88 Å². The molecular weight excluding hydrogens is 388 g/mol. The van der Waals surface area contributed by atoms with Crippen molar-refractivity contribution >= 4 is 17.3 Å². The molecule has 5 rings (SSSR count). The van der Waals surface area contributed by atoms with Crippen LogP contribution >= 0.6 is 0 Å². The lowest BCUT2D eigenvalue weighted by Gasteiger charge is -2.32. The minimum absolute atomic E-state index is 0.178. The lowest BCUT2D eigenvalue weighted by atomic mass is 9.86. The third-order valence-electron chi connectivity index (χ3n) is 6.85. The van der Waals surface area contributed by atoms with E-state index in [1.54, 1.807) is 0 Å². The Morgan fingerprint density at radius 1 is 1.06 bits per heavy atom. The first-order valence-electron chi connectivity index (χ1n) is 11.6. The molecule has 0 bridgehead atoms. The molecule has 2 fully saturated rings. The number of Topliss-reactive ketones (excluding diaryl/α,β-unsaturated/α-hetero) is 1. The molecule has 0 atom stereocenters. The lowest BCUT2D eigenvalue weighted by molar-refractivity contribution is -0.117. The monoisotopic (exact) mass is 420 g/mol. The minimum atomic E-state index is 0.178. The largest absolute Gasteiger partial charge is 0.477 e. The average molecular weight is 421 g/mol.